The molecule has 0 N–H and O–H groups in total. The highest BCUT2D eigenvalue weighted by molar-refractivity contribution is 5.88. The number of para-hydroxylation sites is 2. The summed E-state index contributed by atoms with van der Waals surface area (Å²) in [6.07, 6.45) is 0. The molecule has 1 aromatic heterocycles. The molecule has 0 unspecified atom stereocenters. The fraction of sp³-hybridized carbons (Fsp3) is 0. The van der Waals surface area contributed by atoms with Crippen molar-refractivity contribution in [3.63, 3.8) is 0 Å². The van der Waals surface area contributed by atoms with Crippen LogP contribution in [-0.2, 0) is 0 Å². The molecule has 0 aliphatic heterocycles. The minimum atomic E-state index is 0.608. The van der Waals surface area contributed by atoms with Gasteiger partial charge in [-0.15, -0.1) is 0 Å². The number of pyridine rings is 1. The maximum atomic E-state index is 14.0. The van der Waals surface area contributed by atoms with Gasteiger partial charge in [-0.2, -0.15) is 0 Å². The standard InChI is InChI=1S/C13H9FN/c14-15-12-7-3-1-5-10(12)9-11-6-2-4-8-13(11)15/h1-9H/q+1. The van der Waals surface area contributed by atoms with Crippen molar-refractivity contribution in [1.82, 2.24) is 0 Å². The number of aromatic nitrogens is 1. The van der Waals surface area contributed by atoms with Crippen molar-refractivity contribution < 1.29 is 9.27 Å². The molecule has 3 rings (SSSR count). The van der Waals surface area contributed by atoms with E-state index in [4.69, 9.17) is 0 Å². The molecule has 2 heteroatoms. The largest absolute Gasteiger partial charge is 0.261 e. The Morgan fingerprint density at radius 1 is 0.733 bits per heavy atom. The fourth-order valence-electron chi connectivity index (χ4n) is 1.87. The van der Waals surface area contributed by atoms with Crippen LogP contribution >= 0.6 is 0 Å². The van der Waals surface area contributed by atoms with Crippen molar-refractivity contribution in [3.05, 3.63) is 54.6 Å². The summed E-state index contributed by atoms with van der Waals surface area (Å²) < 4.78 is 14.0. The van der Waals surface area contributed by atoms with E-state index >= 15 is 0 Å². The van der Waals surface area contributed by atoms with E-state index in [1.165, 1.54) is 0 Å². The van der Waals surface area contributed by atoms with Crippen molar-refractivity contribution in [3.8, 4) is 0 Å². The van der Waals surface area contributed by atoms with E-state index in [0.717, 1.165) is 15.6 Å². The molecule has 0 amide bonds. The maximum absolute atomic E-state index is 14.0. The van der Waals surface area contributed by atoms with Crippen LogP contribution < -0.4 is 4.79 Å². The third-order valence-electron chi connectivity index (χ3n) is 2.61. The minimum absolute atomic E-state index is 0.608. The Hall–Kier alpha value is -1.96. The van der Waals surface area contributed by atoms with Gasteiger partial charge in [0.15, 0.2) is 0 Å². The highest BCUT2D eigenvalue weighted by Crippen LogP contribution is 2.17. The third kappa shape index (κ3) is 1.18. The van der Waals surface area contributed by atoms with Crippen molar-refractivity contribution in [2.45, 2.75) is 0 Å². The van der Waals surface area contributed by atoms with Gasteiger partial charge in [-0.25, -0.2) is 0 Å². The minimum Gasteiger partial charge on any atom is -0.0612 e. The number of fused-ring (bicyclic) bond motifs is 2. The smallest absolute Gasteiger partial charge is 0.0612 e. The molecule has 0 aliphatic rings. The van der Waals surface area contributed by atoms with Crippen LogP contribution in [0.25, 0.3) is 21.8 Å². The third-order valence-corrected chi connectivity index (χ3v) is 2.61. The summed E-state index contributed by atoms with van der Waals surface area (Å²) in [5.41, 5.74) is 1.22. The van der Waals surface area contributed by atoms with E-state index in [-0.39, 0.29) is 0 Å². The quantitative estimate of drug-likeness (QED) is 0.489. The zero-order valence-corrected chi connectivity index (χ0v) is 8.02. The molecule has 0 radical (unpaired) electrons. The van der Waals surface area contributed by atoms with Gasteiger partial charge in [0, 0.05) is 16.9 Å². The van der Waals surface area contributed by atoms with Gasteiger partial charge < -0.3 is 0 Å². The van der Waals surface area contributed by atoms with Crippen LogP contribution in [0.15, 0.2) is 54.6 Å². The lowest BCUT2D eigenvalue weighted by atomic mass is 10.1. The summed E-state index contributed by atoms with van der Waals surface area (Å²) in [6, 6.07) is 16.9. The maximum Gasteiger partial charge on any atom is 0.261 e. The second kappa shape index (κ2) is 3.02. The molecule has 1 heterocycles. The van der Waals surface area contributed by atoms with Crippen LogP contribution in [0.4, 0.5) is 4.48 Å². The number of hydrogen-bond acceptors (Lipinski definition) is 0. The van der Waals surface area contributed by atoms with Crippen LogP contribution in [0, 0.1) is 0 Å². The Kier molecular flexibility index (Phi) is 1.68. The average Bonchev–Trinajstić information content (AvgIpc) is 2.30. The average molecular weight is 198 g/mol. The normalized spacial score (nSPS) is 11.0. The van der Waals surface area contributed by atoms with Crippen molar-refractivity contribution >= 4 is 21.8 Å². The van der Waals surface area contributed by atoms with Crippen molar-refractivity contribution in [1.29, 1.82) is 0 Å². The topological polar surface area (TPSA) is 3.88 Å². The molecule has 72 valence electrons. The summed E-state index contributed by atoms with van der Waals surface area (Å²) in [5.74, 6) is 0. The van der Waals surface area contributed by atoms with Gasteiger partial charge in [-0.05, 0) is 18.2 Å². The predicted molar refractivity (Wildman–Crippen MR) is 58.2 cm³/mol. The van der Waals surface area contributed by atoms with Crippen molar-refractivity contribution in [2.75, 3.05) is 0 Å². The van der Waals surface area contributed by atoms with Gasteiger partial charge in [0.25, 0.3) is 11.0 Å². The Labute approximate surface area is 86.3 Å². The van der Waals surface area contributed by atoms with Crippen LogP contribution in [0.3, 0.4) is 0 Å². The molecule has 1 nitrogen and oxygen atoms in total. The SMILES string of the molecule is F[n+]1c2ccccc2cc2ccccc21. The van der Waals surface area contributed by atoms with E-state index in [1.54, 1.807) is 12.1 Å². The Morgan fingerprint density at radius 2 is 1.20 bits per heavy atom. The summed E-state index contributed by atoms with van der Waals surface area (Å²) in [7, 11) is 0. The monoisotopic (exact) mass is 198 g/mol. The lowest BCUT2D eigenvalue weighted by Gasteiger charge is -1.95. The van der Waals surface area contributed by atoms with Crippen LogP contribution in [-0.4, -0.2) is 0 Å². The first-order chi connectivity index (χ1) is 7.36. The first-order valence-electron chi connectivity index (χ1n) is 4.85. The van der Waals surface area contributed by atoms with E-state index in [0.29, 0.717) is 11.0 Å². The molecule has 3 aromatic rings. The molecule has 0 fully saturated rings. The molecule has 0 aliphatic carbocycles. The predicted octanol–water partition coefficient (Wildman–Crippen LogP) is 3.01. The highest BCUT2D eigenvalue weighted by Gasteiger charge is 2.14. The van der Waals surface area contributed by atoms with Gasteiger partial charge in [0.05, 0.1) is 15.3 Å². The fourth-order valence-corrected chi connectivity index (χ4v) is 1.87. The Balaban J connectivity index is 2.60. The van der Waals surface area contributed by atoms with Crippen molar-refractivity contribution in [2.24, 2.45) is 0 Å². The molecule has 2 aromatic carbocycles. The Morgan fingerprint density at radius 3 is 1.73 bits per heavy atom. The molecule has 0 spiro atoms. The number of nitrogens with zero attached hydrogens (tertiary/aromatic N) is 1. The van der Waals surface area contributed by atoms with Crippen LogP contribution in [0.1, 0.15) is 0 Å². The summed E-state index contributed by atoms with van der Waals surface area (Å²) in [4.78, 5) is 0.741. The molecule has 0 bridgehead atoms. The second-order valence-electron chi connectivity index (χ2n) is 3.54. The lowest BCUT2D eigenvalue weighted by Crippen LogP contribution is -2.24. The molecule has 0 saturated heterocycles. The number of rotatable bonds is 0. The molecular formula is C13H9FN+. The van der Waals surface area contributed by atoms with E-state index < -0.39 is 0 Å². The Bertz CT molecular complexity index is 592. The lowest BCUT2D eigenvalue weighted by molar-refractivity contribution is -0.800. The van der Waals surface area contributed by atoms with Gasteiger partial charge in [-0.3, -0.25) is 0 Å². The summed E-state index contributed by atoms with van der Waals surface area (Å²) in [6.45, 7) is 0. The molecule has 15 heavy (non-hydrogen) atoms. The van der Waals surface area contributed by atoms with Gasteiger partial charge >= 0.3 is 0 Å². The van der Waals surface area contributed by atoms with Gasteiger partial charge in [-0.1, -0.05) is 24.3 Å². The highest BCUT2D eigenvalue weighted by atomic mass is 19.2. The summed E-state index contributed by atoms with van der Waals surface area (Å²) >= 11 is 0. The van der Waals surface area contributed by atoms with Crippen LogP contribution in [0.5, 0.6) is 0 Å². The van der Waals surface area contributed by atoms with Gasteiger partial charge in [0.1, 0.15) is 0 Å². The second-order valence-corrected chi connectivity index (χ2v) is 3.54. The first-order valence-corrected chi connectivity index (χ1v) is 4.85. The molecular weight excluding hydrogens is 189 g/mol. The molecule has 0 atom stereocenters. The number of halogens is 1. The zero-order chi connectivity index (χ0) is 10.3. The van der Waals surface area contributed by atoms with E-state index in [2.05, 4.69) is 0 Å². The first kappa shape index (κ1) is 8.36. The molecule has 0 saturated carbocycles. The summed E-state index contributed by atoms with van der Waals surface area (Å²) in [5, 5.41) is 1.83. The van der Waals surface area contributed by atoms with Crippen LogP contribution in [0.2, 0.25) is 0 Å². The zero-order valence-electron chi connectivity index (χ0n) is 8.02. The number of benzene rings is 2. The van der Waals surface area contributed by atoms with Gasteiger partial charge in [0.2, 0.25) is 0 Å². The number of hydrogen-bond donors (Lipinski definition) is 0. The van der Waals surface area contributed by atoms with E-state index in [1.807, 2.05) is 42.5 Å². The van der Waals surface area contributed by atoms with E-state index in [9.17, 15) is 4.48 Å².